The Hall–Kier alpha value is -1.84. The van der Waals surface area contributed by atoms with E-state index in [1.54, 1.807) is 0 Å². The highest BCUT2D eigenvalue weighted by molar-refractivity contribution is 6.30. The van der Waals surface area contributed by atoms with Crippen molar-refractivity contribution in [2.24, 2.45) is 0 Å². The van der Waals surface area contributed by atoms with Gasteiger partial charge in [0.05, 0.1) is 6.61 Å². The third-order valence-corrected chi connectivity index (χ3v) is 3.51. The monoisotopic (exact) mass is 317 g/mol. The minimum absolute atomic E-state index is 0.0815. The maximum atomic E-state index is 11.6. The van der Waals surface area contributed by atoms with Gasteiger partial charge in [0.1, 0.15) is 6.61 Å². The average molecular weight is 318 g/mol. The fourth-order valence-corrected chi connectivity index (χ4v) is 2.17. The summed E-state index contributed by atoms with van der Waals surface area (Å²) in [6, 6.07) is 17.7. The minimum atomic E-state index is -0.0815. The molecule has 0 spiro atoms. The molecule has 3 nitrogen and oxygen atoms in total. The van der Waals surface area contributed by atoms with Gasteiger partial charge >= 0.3 is 0 Å². The maximum absolute atomic E-state index is 11.6. The molecule has 0 unspecified atom stereocenters. The van der Waals surface area contributed by atoms with E-state index in [-0.39, 0.29) is 12.5 Å². The molecular weight excluding hydrogens is 298 g/mol. The van der Waals surface area contributed by atoms with E-state index in [9.17, 15) is 4.79 Å². The first-order valence-corrected chi connectivity index (χ1v) is 7.74. The van der Waals surface area contributed by atoms with E-state index in [0.29, 0.717) is 13.2 Å². The first-order valence-electron chi connectivity index (χ1n) is 7.37. The lowest BCUT2D eigenvalue weighted by atomic mass is 10.1. The van der Waals surface area contributed by atoms with E-state index < -0.39 is 0 Å². The van der Waals surface area contributed by atoms with Gasteiger partial charge in [-0.25, -0.2) is 0 Å². The summed E-state index contributed by atoms with van der Waals surface area (Å²) in [6.45, 7) is 1.25. The Labute approximate surface area is 136 Å². The number of amides is 1. The van der Waals surface area contributed by atoms with Crippen molar-refractivity contribution < 1.29 is 9.53 Å². The summed E-state index contributed by atoms with van der Waals surface area (Å²) in [5.74, 6) is -0.0815. The number of hydrogen-bond acceptors (Lipinski definition) is 2. The largest absolute Gasteiger partial charge is 0.371 e. The summed E-state index contributed by atoms with van der Waals surface area (Å²) in [5, 5.41) is 3.57. The van der Waals surface area contributed by atoms with Gasteiger partial charge in [-0.15, -0.1) is 0 Å². The van der Waals surface area contributed by atoms with Crippen molar-refractivity contribution in [2.75, 3.05) is 19.8 Å². The lowest BCUT2D eigenvalue weighted by Gasteiger charge is -2.07. The summed E-state index contributed by atoms with van der Waals surface area (Å²) in [4.78, 5) is 11.6. The number of halogens is 1. The molecule has 0 aromatic heterocycles. The summed E-state index contributed by atoms with van der Waals surface area (Å²) < 4.78 is 5.39. The zero-order valence-electron chi connectivity index (χ0n) is 12.4. The van der Waals surface area contributed by atoms with Crippen LogP contribution in [0.3, 0.4) is 0 Å². The van der Waals surface area contributed by atoms with Crippen LogP contribution in [0, 0.1) is 0 Å². The Morgan fingerprint density at radius 1 is 0.955 bits per heavy atom. The zero-order valence-corrected chi connectivity index (χ0v) is 13.2. The standard InChI is InChI=1S/C18H20ClNO2/c19-17-8-6-16(7-9-17)10-12-20-18(21)14-22-13-11-15-4-2-1-3-5-15/h1-9H,10-14H2,(H,20,21). The van der Waals surface area contributed by atoms with Gasteiger partial charge in [-0.05, 0) is 36.1 Å². The van der Waals surface area contributed by atoms with Crippen molar-refractivity contribution in [3.63, 3.8) is 0 Å². The molecule has 1 amide bonds. The van der Waals surface area contributed by atoms with Crippen LogP contribution < -0.4 is 5.32 Å². The predicted molar refractivity (Wildman–Crippen MR) is 89.1 cm³/mol. The van der Waals surface area contributed by atoms with Crippen LogP contribution in [-0.2, 0) is 22.4 Å². The quantitative estimate of drug-likeness (QED) is 0.759. The Morgan fingerprint density at radius 2 is 1.64 bits per heavy atom. The summed E-state index contributed by atoms with van der Waals surface area (Å²) in [5.41, 5.74) is 2.36. The van der Waals surface area contributed by atoms with E-state index >= 15 is 0 Å². The molecule has 0 heterocycles. The molecule has 2 aromatic carbocycles. The molecule has 0 radical (unpaired) electrons. The number of nitrogens with one attached hydrogen (secondary N) is 1. The maximum Gasteiger partial charge on any atom is 0.246 e. The van der Waals surface area contributed by atoms with Crippen molar-refractivity contribution >= 4 is 17.5 Å². The van der Waals surface area contributed by atoms with Crippen molar-refractivity contribution in [3.8, 4) is 0 Å². The first-order chi connectivity index (χ1) is 10.7. The van der Waals surface area contributed by atoms with Crippen LogP contribution >= 0.6 is 11.6 Å². The highest BCUT2D eigenvalue weighted by Crippen LogP contribution is 2.09. The molecule has 4 heteroatoms. The molecule has 2 rings (SSSR count). The van der Waals surface area contributed by atoms with E-state index in [0.717, 1.165) is 23.4 Å². The Bertz CT molecular complexity index is 569. The number of hydrogen-bond donors (Lipinski definition) is 1. The fourth-order valence-electron chi connectivity index (χ4n) is 2.05. The molecular formula is C18H20ClNO2. The molecule has 0 aliphatic heterocycles. The van der Waals surface area contributed by atoms with Crippen LogP contribution in [0.4, 0.5) is 0 Å². The van der Waals surface area contributed by atoms with E-state index in [1.165, 1.54) is 5.56 Å². The Balaban J connectivity index is 1.55. The van der Waals surface area contributed by atoms with Gasteiger partial charge in [-0.2, -0.15) is 0 Å². The smallest absolute Gasteiger partial charge is 0.246 e. The molecule has 0 bridgehead atoms. The van der Waals surface area contributed by atoms with Crippen molar-refractivity contribution in [1.82, 2.24) is 5.32 Å². The van der Waals surface area contributed by atoms with Crippen LogP contribution in [0.5, 0.6) is 0 Å². The summed E-state index contributed by atoms with van der Waals surface area (Å²) >= 11 is 5.83. The highest BCUT2D eigenvalue weighted by atomic mass is 35.5. The lowest BCUT2D eigenvalue weighted by molar-refractivity contribution is -0.125. The van der Waals surface area contributed by atoms with Crippen LogP contribution in [0.2, 0.25) is 5.02 Å². The van der Waals surface area contributed by atoms with Crippen molar-refractivity contribution in [2.45, 2.75) is 12.8 Å². The van der Waals surface area contributed by atoms with E-state index in [4.69, 9.17) is 16.3 Å². The zero-order chi connectivity index (χ0) is 15.6. The third kappa shape index (κ3) is 6.29. The second-order valence-electron chi connectivity index (χ2n) is 5.01. The third-order valence-electron chi connectivity index (χ3n) is 3.26. The second-order valence-corrected chi connectivity index (χ2v) is 5.45. The average Bonchev–Trinajstić information content (AvgIpc) is 2.54. The van der Waals surface area contributed by atoms with Crippen molar-refractivity contribution in [3.05, 3.63) is 70.7 Å². The number of benzene rings is 2. The molecule has 0 saturated carbocycles. The molecule has 0 aliphatic rings. The first kappa shape index (κ1) is 16.5. The van der Waals surface area contributed by atoms with Crippen LogP contribution in [-0.4, -0.2) is 25.7 Å². The van der Waals surface area contributed by atoms with E-state index in [1.807, 2.05) is 42.5 Å². The van der Waals surface area contributed by atoms with E-state index in [2.05, 4.69) is 17.4 Å². The minimum Gasteiger partial charge on any atom is -0.371 e. The Morgan fingerprint density at radius 3 is 2.36 bits per heavy atom. The fraction of sp³-hybridized carbons (Fsp3) is 0.278. The van der Waals surface area contributed by atoms with Crippen LogP contribution in [0.15, 0.2) is 54.6 Å². The van der Waals surface area contributed by atoms with Gasteiger partial charge in [-0.1, -0.05) is 54.1 Å². The molecule has 1 N–H and O–H groups in total. The highest BCUT2D eigenvalue weighted by Gasteiger charge is 2.01. The summed E-state index contributed by atoms with van der Waals surface area (Å²) in [6.07, 6.45) is 1.60. The number of ether oxygens (including phenoxy) is 1. The molecule has 22 heavy (non-hydrogen) atoms. The molecule has 0 saturated heterocycles. The predicted octanol–water partition coefficient (Wildman–Crippen LogP) is 3.26. The molecule has 0 aliphatic carbocycles. The van der Waals surface area contributed by atoms with Gasteiger partial charge in [0, 0.05) is 11.6 Å². The van der Waals surface area contributed by atoms with Gasteiger partial charge in [0.15, 0.2) is 0 Å². The van der Waals surface area contributed by atoms with Gasteiger partial charge in [0.25, 0.3) is 0 Å². The lowest BCUT2D eigenvalue weighted by Crippen LogP contribution is -2.29. The topological polar surface area (TPSA) is 38.3 Å². The molecule has 2 aromatic rings. The molecule has 116 valence electrons. The van der Waals surface area contributed by atoms with Gasteiger partial charge in [-0.3, -0.25) is 4.79 Å². The Kier molecular flexibility index (Phi) is 6.94. The number of rotatable bonds is 8. The SMILES string of the molecule is O=C(COCCc1ccccc1)NCCc1ccc(Cl)cc1. The molecule has 0 atom stereocenters. The second kappa shape index (κ2) is 9.23. The van der Waals surface area contributed by atoms with Gasteiger partial charge in [0.2, 0.25) is 5.91 Å². The normalized spacial score (nSPS) is 10.4. The number of carbonyl (C=O) groups is 1. The van der Waals surface area contributed by atoms with Gasteiger partial charge < -0.3 is 10.1 Å². The molecule has 0 fully saturated rings. The van der Waals surface area contributed by atoms with Crippen molar-refractivity contribution in [1.29, 1.82) is 0 Å². The van der Waals surface area contributed by atoms with Crippen LogP contribution in [0.1, 0.15) is 11.1 Å². The van der Waals surface area contributed by atoms with Crippen LogP contribution in [0.25, 0.3) is 0 Å². The number of carbonyl (C=O) groups excluding carboxylic acids is 1. The summed E-state index contributed by atoms with van der Waals surface area (Å²) in [7, 11) is 0.